The van der Waals surface area contributed by atoms with Gasteiger partial charge in [-0.15, -0.1) is 0 Å². The number of hydrogen-bond acceptors (Lipinski definition) is 4. The number of benzene rings is 3. The summed E-state index contributed by atoms with van der Waals surface area (Å²) < 4.78 is 12.8. The van der Waals surface area contributed by atoms with Gasteiger partial charge in [0.1, 0.15) is 23.1 Å². The molecular weight excluding hydrogens is 438 g/mol. The normalized spacial score (nSPS) is 11.2. The van der Waals surface area contributed by atoms with E-state index in [-0.39, 0.29) is 12.1 Å². The van der Waals surface area contributed by atoms with Crippen LogP contribution in [0.3, 0.4) is 0 Å². The van der Waals surface area contributed by atoms with Gasteiger partial charge in [-0.2, -0.15) is 5.26 Å². The summed E-state index contributed by atoms with van der Waals surface area (Å²) in [5.41, 5.74) is 5.08. The molecule has 0 saturated carbocycles. The topological polar surface area (TPSA) is 76.3 Å². The Labute approximate surface area is 205 Å². The summed E-state index contributed by atoms with van der Waals surface area (Å²) in [4.78, 5) is 12.9. The number of nitrogens with zero attached hydrogens (tertiary/aromatic N) is 2. The van der Waals surface area contributed by atoms with Crippen molar-refractivity contribution in [3.05, 3.63) is 101 Å². The first-order chi connectivity index (χ1) is 17.0. The molecule has 1 aromatic heterocycles. The Hall–Kier alpha value is -4.50. The Balaban J connectivity index is 1.58. The van der Waals surface area contributed by atoms with Gasteiger partial charge in [0.25, 0.3) is 5.91 Å². The molecule has 0 aliphatic rings. The highest BCUT2D eigenvalue weighted by Crippen LogP contribution is 2.26. The predicted molar refractivity (Wildman–Crippen MR) is 137 cm³/mol. The van der Waals surface area contributed by atoms with E-state index in [2.05, 4.69) is 47.1 Å². The van der Waals surface area contributed by atoms with Crippen molar-refractivity contribution in [2.24, 2.45) is 0 Å². The van der Waals surface area contributed by atoms with Crippen molar-refractivity contribution in [3.8, 4) is 17.6 Å². The number of amides is 1. The van der Waals surface area contributed by atoms with E-state index in [4.69, 9.17) is 9.47 Å². The Bertz CT molecular complexity index is 1430. The quantitative estimate of drug-likeness (QED) is 0.285. The molecule has 35 heavy (non-hydrogen) atoms. The number of hydrogen-bond donors (Lipinski definition) is 1. The number of methoxy groups -OCH3 is 2. The molecule has 0 aliphatic heterocycles. The summed E-state index contributed by atoms with van der Waals surface area (Å²) in [6, 6.07) is 23.8. The average molecular weight is 466 g/mol. The summed E-state index contributed by atoms with van der Waals surface area (Å²) in [6.45, 7) is 2.98. The van der Waals surface area contributed by atoms with E-state index in [0.29, 0.717) is 18.0 Å². The molecule has 6 nitrogen and oxygen atoms in total. The van der Waals surface area contributed by atoms with Crippen LogP contribution >= 0.6 is 0 Å². The van der Waals surface area contributed by atoms with Crippen molar-refractivity contribution < 1.29 is 14.3 Å². The lowest BCUT2D eigenvalue weighted by Crippen LogP contribution is -2.24. The van der Waals surface area contributed by atoms with Crippen LogP contribution in [0.1, 0.15) is 22.3 Å². The van der Waals surface area contributed by atoms with Gasteiger partial charge in [-0.3, -0.25) is 4.79 Å². The Morgan fingerprint density at radius 2 is 1.83 bits per heavy atom. The number of carbonyl (C=O) groups excluding carboxylic acids is 1. The Morgan fingerprint density at radius 1 is 1.06 bits per heavy atom. The van der Waals surface area contributed by atoms with E-state index < -0.39 is 5.91 Å². The number of ether oxygens (including phenoxy) is 2. The van der Waals surface area contributed by atoms with E-state index in [1.807, 2.05) is 36.5 Å². The number of rotatable bonds is 8. The first-order valence-electron chi connectivity index (χ1n) is 11.3. The van der Waals surface area contributed by atoms with E-state index in [1.165, 1.54) is 11.1 Å². The van der Waals surface area contributed by atoms with Crippen LogP contribution in [-0.2, 0) is 17.9 Å². The van der Waals surface area contributed by atoms with Crippen LogP contribution < -0.4 is 14.8 Å². The second-order valence-corrected chi connectivity index (χ2v) is 8.25. The number of fused-ring (bicyclic) bond motifs is 1. The van der Waals surface area contributed by atoms with Crippen molar-refractivity contribution in [1.29, 1.82) is 5.26 Å². The molecule has 1 heterocycles. The molecule has 0 bridgehead atoms. The minimum Gasteiger partial charge on any atom is -0.497 e. The van der Waals surface area contributed by atoms with Gasteiger partial charge in [0.05, 0.1) is 14.2 Å². The van der Waals surface area contributed by atoms with Gasteiger partial charge in [0.15, 0.2) is 0 Å². The van der Waals surface area contributed by atoms with E-state index in [0.717, 1.165) is 22.0 Å². The third-order valence-corrected chi connectivity index (χ3v) is 5.89. The van der Waals surface area contributed by atoms with Crippen LogP contribution in [0.4, 0.5) is 0 Å². The van der Waals surface area contributed by atoms with Gasteiger partial charge in [-0.05, 0) is 36.8 Å². The number of nitrogens with one attached hydrogen (secondary N) is 1. The highest BCUT2D eigenvalue weighted by molar-refractivity contribution is 6.04. The van der Waals surface area contributed by atoms with Crippen molar-refractivity contribution in [3.63, 3.8) is 0 Å². The van der Waals surface area contributed by atoms with Gasteiger partial charge in [0, 0.05) is 47.4 Å². The van der Waals surface area contributed by atoms with Crippen molar-refractivity contribution in [1.82, 2.24) is 9.88 Å². The molecule has 4 aromatic rings. The summed E-state index contributed by atoms with van der Waals surface area (Å²) in [6.07, 6.45) is 3.64. The molecule has 6 heteroatoms. The summed E-state index contributed by atoms with van der Waals surface area (Å²) in [5, 5.41) is 13.5. The van der Waals surface area contributed by atoms with Gasteiger partial charge < -0.3 is 19.4 Å². The van der Waals surface area contributed by atoms with Crippen molar-refractivity contribution in [2.45, 2.75) is 20.0 Å². The maximum absolute atomic E-state index is 12.9. The van der Waals surface area contributed by atoms with Crippen molar-refractivity contribution in [2.75, 3.05) is 14.2 Å². The SMILES string of the molecule is COc1ccc(CNC(=O)/C(C#N)=C/c2cn(Cc3ccc(C)cc3)c3ccccc23)c(OC)c1. The van der Waals surface area contributed by atoms with Gasteiger partial charge in [0.2, 0.25) is 0 Å². The zero-order valence-electron chi connectivity index (χ0n) is 20.0. The van der Waals surface area contributed by atoms with E-state index in [1.54, 1.807) is 32.4 Å². The maximum atomic E-state index is 12.9. The minimum absolute atomic E-state index is 0.0377. The summed E-state index contributed by atoms with van der Waals surface area (Å²) in [5.74, 6) is 0.823. The lowest BCUT2D eigenvalue weighted by atomic mass is 10.1. The Morgan fingerprint density at radius 3 is 2.54 bits per heavy atom. The van der Waals surface area contributed by atoms with Gasteiger partial charge >= 0.3 is 0 Å². The Kier molecular flexibility index (Phi) is 7.18. The maximum Gasteiger partial charge on any atom is 0.262 e. The number of para-hydroxylation sites is 1. The molecular formula is C29H27N3O3. The highest BCUT2D eigenvalue weighted by Gasteiger charge is 2.14. The number of carbonyl (C=O) groups is 1. The molecule has 4 rings (SSSR count). The van der Waals surface area contributed by atoms with E-state index >= 15 is 0 Å². The van der Waals surface area contributed by atoms with Crippen LogP contribution in [-0.4, -0.2) is 24.7 Å². The molecule has 0 atom stereocenters. The second kappa shape index (κ2) is 10.6. The molecule has 0 saturated heterocycles. The van der Waals surface area contributed by atoms with Crippen LogP contribution in [0, 0.1) is 18.3 Å². The van der Waals surface area contributed by atoms with Crippen LogP contribution in [0.2, 0.25) is 0 Å². The smallest absolute Gasteiger partial charge is 0.262 e. The molecule has 0 fully saturated rings. The van der Waals surface area contributed by atoms with Crippen LogP contribution in [0.5, 0.6) is 11.5 Å². The van der Waals surface area contributed by atoms with Gasteiger partial charge in [-0.1, -0.05) is 48.0 Å². The summed E-state index contributed by atoms with van der Waals surface area (Å²) in [7, 11) is 3.14. The summed E-state index contributed by atoms with van der Waals surface area (Å²) >= 11 is 0. The highest BCUT2D eigenvalue weighted by atomic mass is 16.5. The third-order valence-electron chi connectivity index (χ3n) is 5.89. The average Bonchev–Trinajstić information content (AvgIpc) is 3.23. The largest absolute Gasteiger partial charge is 0.497 e. The van der Waals surface area contributed by atoms with Crippen LogP contribution in [0.25, 0.3) is 17.0 Å². The lowest BCUT2D eigenvalue weighted by molar-refractivity contribution is -0.117. The molecule has 3 aromatic carbocycles. The zero-order chi connectivity index (χ0) is 24.8. The monoisotopic (exact) mass is 465 g/mol. The fraction of sp³-hybridized carbons (Fsp3) is 0.172. The molecule has 0 spiro atoms. The lowest BCUT2D eigenvalue weighted by Gasteiger charge is -2.11. The number of nitriles is 1. The third kappa shape index (κ3) is 5.36. The standard InChI is InChI=1S/C29H27N3O3/c1-20-8-10-21(11-9-20)18-32-19-24(26-6-4-5-7-27(26)32)14-23(16-30)29(33)31-17-22-12-13-25(34-2)15-28(22)35-3/h4-15,19H,17-18H2,1-3H3,(H,31,33)/b23-14+. The van der Waals surface area contributed by atoms with Crippen molar-refractivity contribution >= 4 is 22.9 Å². The molecule has 0 aliphatic carbocycles. The zero-order valence-corrected chi connectivity index (χ0v) is 20.0. The predicted octanol–water partition coefficient (Wildman–Crippen LogP) is 5.24. The molecule has 0 radical (unpaired) electrons. The minimum atomic E-state index is -0.444. The fourth-order valence-corrected chi connectivity index (χ4v) is 3.98. The molecule has 1 amide bonds. The molecule has 0 unspecified atom stereocenters. The first-order valence-corrected chi connectivity index (χ1v) is 11.3. The second-order valence-electron chi connectivity index (χ2n) is 8.25. The fourth-order valence-electron chi connectivity index (χ4n) is 3.98. The van der Waals surface area contributed by atoms with E-state index in [9.17, 15) is 10.1 Å². The van der Waals surface area contributed by atoms with Gasteiger partial charge in [-0.25, -0.2) is 0 Å². The van der Waals surface area contributed by atoms with Crippen LogP contribution in [0.15, 0.2) is 78.5 Å². The molecule has 176 valence electrons. The number of aryl methyl sites for hydroxylation is 1. The first kappa shape index (κ1) is 23.7. The number of aromatic nitrogens is 1. The molecule has 1 N–H and O–H groups in total.